The molecular weight excluding hydrogens is 380 g/mol. The van der Waals surface area contributed by atoms with Gasteiger partial charge in [0.2, 0.25) is 10.7 Å². The number of hydrogen-bond acceptors (Lipinski definition) is 5. The summed E-state index contributed by atoms with van der Waals surface area (Å²) in [6.07, 6.45) is 1.76. The lowest BCUT2D eigenvalue weighted by Gasteiger charge is -2.36. The van der Waals surface area contributed by atoms with Crippen molar-refractivity contribution >= 4 is 41.7 Å². The highest BCUT2D eigenvalue weighted by Gasteiger charge is 2.21. The molecular formula is C19H19ClN6S. The zero-order valence-corrected chi connectivity index (χ0v) is 16.2. The Bertz CT molecular complexity index is 971. The normalized spacial score (nSPS) is 14.9. The fourth-order valence-corrected chi connectivity index (χ4v) is 3.37. The van der Waals surface area contributed by atoms with E-state index in [9.17, 15) is 0 Å². The molecule has 1 aliphatic rings. The Morgan fingerprint density at radius 3 is 2.33 bits per heavy atom. The molecule has 6 nitrogen and oxygen atoms in total. The van der Waals surface area contributed by atoms with Crippen molar-refractivity contribution in [2.45, 2.75) is 0 Å². The number of nitrogens with one attached hydrogen (secondary N) is 1. The third kappa shape index (κ3) is 4.04. The molecule has 1 N–H and O–H groups in total. The number of rotatable bonds is 4. The molecule has 1 saturated heterocycles. The number of benzene rings is 2. The summed E-state index contributed by atoms with van der Waals surface area (Å²) in [4.78, 5) is 4.57. The molecule has 8 heteroatoms. The summed E-state index contributed by atoms with van der Waals surface area (Å²) in [7, 11) is 0. The molecule has 0 amide bonds. The van der Waals surface area contributed by atoms with Crippen molar-refractivity contribution < 1.29 is 0 Å². The first-order valence-electron chi connectivity index (χ1n) is 8.73. The third-order valence-electron chi connectivity index (χ3n) is 4.51. The van der Waals surface area contributed by atoms with Crippen LogP contribution in [0.5, 0.6) is 0 Å². The Morgan fingerprint density at radius 2 is 1.63 bits per heavy atom. The lowest BCUT2D eigenvalue weighted by Crippen LogP contribution is -2.47. The van der Waals surface area contributed by atoms with E-state index in [1.54, 1.807) is 10.9 Å². The minimum atomic E-state index is 0.473. The van der Waals surface area contributed by atoms with E-state index >= 15 is 0 Å². The maximum absolute atomic E-state index is 5.93. The Hall–Kier alpha value is -2.64. The molecule has 27 heavy (non-hydrogen) atoms. The number of piperazine rings is 1. The van der Waals surface area contributed by atoms with Gasteiger partial charge in [-0.05, 0) is 42.0 Å². The monoisotopic (exact) mass is 398 g/mol. The lowest BCUT2D eigenvalue weighted by atomic mass is 10.2. The van der Waals surface area contributed by atoms with Gasteiger partial charge in [-0.1, -0.05) is 41.9 Å². The zero-order chi connectivity index (χ0) is 18.6. The van der Waals surface area contributed by atoms with Crippen LogP contribution in [0.15, 0.2) is 59.7 Å². The number of aromatic amines is 1. The summed E-state index contributed by atoms with van der Waals surface area (Å²) < 4.78 is 2.14. The topological polar surface area (TPSA) is 52.5 Å². The second kappa shape index (κ2) is 7.94. The predicted molar refractivity (Wildman–Crippen MR) is 113 cm³/mol. The smallest absolute Gasteiger partial charge is 0.246 e. The third-order valence-corrected chi connectivity index (χ3v) is 5.03. The van der Waals surface area contributed by atoms with Gasteiger partial charge in [0, 0.05) is 36.9 Å². The van der Waals surface area contributed by atoms with Crippen LogP contribution < -0.4 is 9.80 Å². The van der Waals surface area contributed by atoms with Crippen molar-refractivity contribution in [2.24, 2.45) is 5.10 Å². The van der Waals surface area contributed by atoms with Crippen molar-refractivity contribution in [1.29, 1.82) is 0 Å². The standard InChI is InChI=1S/C19H19ClN6S/c20-16-8-6-15(7-9-16)14-21-26-18(22-23-19(26)27)25-12-10-24(11-13-25)17-4-2-1-3-5-17/h1-9,14H,10-13H2,(H,23,27)/b21-14-. The second-order valence-electron chi connectivity index (χ2n) is 6.25. The molecule has 1 aromatic heterocycles. The first-order valence-corrected chi connectivity index (χ1v) is 9.51. The van der Waals surface area contributed by atoms with E-state index in [4.69, 9.17) is 23.8 Å². The first kappa shape index (κ1) is 17.8. The molecule has 0 radical (unpaired) electrons. The van der Waals surface area contributed by atoms with E-state index in [0.29, 0.717) is 9.79 Å². The molecule has 3 aromatic rings. The molecule has 1 aliphatic heterocycles. The second-order valence-corrected chi connectivity index (χ2v) is 7.07. The summed E-state index contributed by atoms with van der Waals surface area (Å²) in [6, 6.07) is 17.9. The van der Waals surface area contributed by atoms with E-state index in [2.05, 4.69) is 49.4 Å². The summed E-state index contributed by atoms with van der Waals surface area (Å²) >= 11 is 11.3. The van der Waals surface area contributed by atoms with Crippen molar-refractivity contribution in [2.75, 3.05) is 36.0 Å². The van der Waals surface area contributed by atoms with Gasteiger partial charge in [0.15, 0.2) is 0 Å². The van der Waals surface area contributed by atoms with E-state index in [1.807, 2.05) is 30.3 Å². The van der Waals surface area contributed by atoms with E-state index < -0.39 is 0 Å². The maximum Gasteiger partial charge on any atom is 0.246 e. The van der Waals surface area contributed by atoms with E-state index in [0.717, 1.165) is 37.7 Å². The average Bonchev–Trinajstić information content (AvgIpc) is 3.09. The summed E-state index contributed by atoms with van der Waals surface area (Å²) in [5.74, 6) is 0.734. The highest BCUT2D eigenvalue weighted by molar-refractivity contribution is 7.71. The molecule has 2 aromatic carbocycles. The van der Waals surface area contributed by atoms with Gasteiger partial charge in [0.1, 0.15) is 0 Å². The van der Waals surface area contributed by atoms with Crippen LogP contribution in [0.25, 0.3) is 0 Å². The van der Waals surface area contributed by atoms with Crippen LogP contribution in [0.2, 0.25) is 5.02 Å². The molecule has 0 saturated carbocycles. The number of nitrogens with zero attached hydrogens (tertiary/aromatic N) is 5. The molecule has 0 atom stereocenters. The Morgan fingerprint density at radius 1 is 0.963 bits per heavy atom. The fourth-order valence-electron chi connectivity index (χ4n) is 3.07. The number of H-pyrrole nitrogens is 1. The zero-order valence-electron chi connectivity index (χ0n) is 14.6. The Labute approximate surface area is 167 Å². The van der Waals surface area contributed by atoms with E-state index in [-0.39, 0.29) is 0 Å². The quantitative estimate of drug-likeness (QED) is 0.536. The van der Waals surface area contributed by atoms with Gasteiger partial charge in [-0.15, -0.1) is 5.10 Å². The lowest BCUT2D eigenvalue weighted by molar-refractivity contribution is 0.627. The predicted octanol–water partition coefficient (Wildman–Crippen LogP) is 3.80. The molecule has 0 unspecified atom stereocenters. The van der Waals surface area contributed by atoms with Crippen LogP contribution in [0, 0.1) is 4.77 Å². The van der Waals surface area contributed by atoms with Crippen molar-refractivity contribution in [3.8, 4) is 0 Å². The van der Waals surface area contributed by atoms with Gasteiger partial charge >= 0.3 is 0 Å². The number of anilines is 2. The van der Waals surface area contributed by atoms with Crippen molar-refractivity contribution in [1.82, 2.24) is 14.9 Å². The molecule has 138 valence electrons. The number of para-hydroxylation sites is 1. The summed E-state index contributed by atoms with van der Waals surface area (Å²) in [5, 5.41) is 12.4. The van der Waals surface area contributed by atoms with Gasteiger partial charge in [-0.25, -0.2) is 5.10 Å². The fraction of sp³-hybridized carbons (Fsp3) is 0.211. The number of hydrogen-bond donors (Lipinski definition) is 1. The molecule has 0 spiro atoms. The highest BCUT2D eigenvalue weighted by Crippen LogP contribution is 2.19. The van der Waals surface area contributed by atoms with Gasteiger partial charge in [-0.3, -0.25) is 0 Å². The van der Waals surface area contributed by atoms with Crippen LogP contribution in [0.3, 0.4) is 0 Å². The number of aromatic nitrogens is 3. The van der Waals surface area contributed by atoms with Crippen molar-refractivity contribution in [3.05, 3.63) is 70.0 Å². The van der Waals surface area contributed by atoms with Crippen LogP contribution in [0.1, 0.15) is 5.56 Å². The Balaban J connectivity index is 1.49. The molecule has 0 aliphatic carbocycles. The molecule has 2 heterocycles. The summed E-state index contributed by atoms with van der Waals surface area (Å²) in [6.45, 7) is 3.55. The first-order chi connectivity index (χ1) is 13.2. The molecule has 4 rings (SSSR count). The van der Waals surface area contributed by atoms with Crippen LogP contribution >= 0.6 is 23.8 Å². The van der Waals surface area contributed by atoms with Crippen LogP contribution in [-0.4, -0.2) is 47.3 Å². The maximum atomic E-state index is 5.93. The van der Waals surface area contributed by atoms with Gasteiger partial charge < -0.3 is 9.80 Å². The molecule has 1 fully saturated rings. The van der Waals surface area contributed by atoms with Crippen molar-refractivity contribution in [3.63, 3.8) is 0 Å². The van der Waals surface area contributed by atoms with Gasteiger partial charge in [-0.2, -0.15) is 9.78 Å². The molecule has 0 bridgehead atoms. The van der Waals surface area contributed by atoms with Crippen LogP contribution in [0.4, 0.5) is 11.6 Å². The SMILES string of the molecule is S=c1[nH]nc(N2CCN(c3ccccc3)CC2)n1/N=C\c1ccc(Cl)cc1. The van der Waals surface area contributed by atoms with Crippen LogP contribution in [-0.2, 0) is 0 Å². The average molecular weight is 399 g/mol. The Kier molecular flexibility index (Phi) is 5.22. The summed E-state index contributed by atoms with van der Waals surface area (Å²) in [5.41, 5.74) is 2.19. The number of halogens is 1. The highest BCUT2D eigenvalue weighted by atomic mass is 35.5. The van der Waals surface area contributed by atoms with Gasteiger partial charge in [0.25, 0.3) is 0 Å². The minimum Gasteiger partial charge on any atom is -0.368 e. The van der Waals surface area contributed by atoms with E-state index in [1.165, 1.54) is 5.69 Å². The largest absolute Gasteiger partial charge is 0.368 e. The van der Waals surface area contributed by atoms with Gasteiger partial charge in [0.05, 0.1) is 6.21 Å². The minimum absolute atomic E-state index is 0.473.